The molecule has 1 atom stereocenters. The number of aromatic nitrogens is 4. The number of rotatable bonds is 4. The fourth-order valence-electron chi connectivity index (χ4n) is 3.55. The summed E-state index contributed by atoms with van der Waals surface area (Å²) in [6.45, 7) is 3.94. The molecule has 11 heteroatoms. The van der Waals surface area contributed by atoms with Gasteiger partial charge in [-0.05, 0) is 30.5 Å². The molecule has 3 aromatic rings. The average molecular weight is 439 g/mol. The number of sulfonamides is 1. The standard InChI is InChI=1S/C19H20F3N5O2S/c1-12(2)15-8-17(19(20,21)22)27-18(24-15)9-16(25-27)13-5-7-26(11-13)30(28,29)14-4-3-6-23-10-14/h3-4,6,8-10,12-13H,5,7,11H2,1-2H3/t13-/m0/s1. The van der Waals surface area contributed by atoms with E-state index in [9.17, 15) is 21.6 Å². The van der Waals surface area contributed by atoms with Gasteiger partial charge < -0.3 is 0 Å². The van der Waals surface area contributed by atoms with Gasteiger partial charge >= 0.3 is 6.18 Å². The second-order valence-electron chi connectivity index (χ2n) is 7.60. The smallest absolute Gasteiger partial charge is 0.263 e. The molecule has 0 bridgehead atoms. The molecule has 1 saturated heterocycles. The van der Waals surface area contributed by atoms with Gasteiger partial charge in [0.15, 0.2) is 5.65 Å². The lowest BCUT2D eigenvalue weighted by Crippen LogP contribution is -2.28. The van der Waals surface area contributed by atoms with E-state index >= 15 is 0 Å². The van der Waals surface area contributed by atoms with Crippen LogP contribution in [0.15, 0.2) is 41.6 Å². The molecule has 30 heavy (non-hydrogen) atoms. The zero-order valence-electron chi connectivity index (χ0n) is 16.3. The molecule has 160 valence electrons. The predicted molar refractivity (Wildman–Crippen MR) is 102 cm³/mol. The molecule has 1 fully saturated rings. The summed E-state index contributed by atoms with van der Waals surface area (Å²) >= 11 is 0. The van der Waals surface area contributed by atoms with E-state index in [2.05, 4.69) is 15.1 Å². The number of hydrogen-bond acceptors (Lipinski definition) is 5. The van der Waals surface area contributed by atoms with Crippen LogP contribution in [0.2, 0.25) is 0 Å². The highest BCUT2D eigenvalue weighted by Gasteiger charge is 2.37. The van der Waals surface area contributed by atoms with Gasteiger partial charge in [-0.1, -0.05) is 13.8 Å². The van der Waals surface area contributed by atoms with Crippen LogP contribution in [-0.2, 0) is 16.2 Å². The zero-order chi connectivity index (χ0) is 21.7. The maximum atomic E-state index is 13.6. The van der Waals surface area contributed by atoms with Gasteiger partial charge in [0.05, 0.1) is 5.69 Å². The topological polar surface area (TPSA) is 80.5 Å². The van der Waals surface area contributed by atoms with Crippen LogP contribution in [0, 0.1) is 0 Å². The van der Waals surface area contributed by atoms with Crippen LogP contribution in [0.3, 0.4) is 0 Å². The summed E-state index contributed by atoms with van der Waals surface area (Å²) in [6, 6.07) is 5.54. The Morgan fingerprint density at radius 3 is 2.63 bits per heavy atom. The van der Waals surface area contributed by atoms with Gasteiger partial charge in [-0.3, -0.25) is 4.98 Å². The molecular formula is C19H20F3N5O2S. The van der Waals surface area contributed by atoms with Crippen molar-refractivity contribution in [3.05, 3.63) is 53.7 Å². The molecule has 0 spiro atoms. The van der Waals surface area contributed by atoms with Crippen molar-refractivity contribution in [2.45, 2.75) is 43.2 Å². The number of halogens is 3. The number of nitrogens with zero attached hydrogens (tertiary/aromatic N) is 5. The van der Waals surface area contributed by atoms with E-state index in [1.54, 1.807) is 19.9 Å². The van der Waals surface area contributed by atoms with Gasteiger partial charge in [-0.2, -0.15) is 22.6 Å². The summed E-state index contributed by atoms with van der Waals surface area (Å²) in [7, 11) is -3.72. The molecule has 0 saturated carbocycles. The minimum Gasteiger partial charge on any atom is -0.263 e. The molecule has 0 radical (unpaired) electrons. The monoisotopic (exact) mass is 439 g/mol. The Morgan fingerprint density at radius 2 is 2.00 bits per heavy atom. The molecule has 0 aliphatic carbocycles. The normalized spacial score (nSPS) is 18.5. The van der Waals surface area contributed by atoms with Crippen molar-refractivity contribution in [2.75, 3.05) is 13.1 Å². The van der Waals surface area contributed by atoms with Crippen LogP contribution < -0.4 is 0 Å². The first kappa shape index (κ1) is 20.7. The highest BCUT2D eigenvalue weighted by molar-refractivity contribution is 7.89. The minimum absolute atomic E-state index is 0.0863. The van der Waals surface area contributed by atoms with E-state index in [0.29, 0.717) is 17.8 Å². The van der Waals surface area contributed by atoms with Crippen molar-refractivity contribution in [3.8, 4) is 0 Å². The Bertz CT molecular complexity index is 1180. The largest absolute Gasteiger partial charge is 0.433 e. The molecule has 0 amide bonds. The highest BCUT2D eigenvalue weighted by Crippen LogP contribution is 2.34. The van der Waals surface area contributed by atoms with Crippen molar-refractivity contribution < 1.29 is 21.6 Å². The van der Waals surface area contributed by atoms with E-state index in [-0.39, 0.29) is 35.5 Å². The van der Waals surface area contributed by atoms with Gasteiger partial charge in [0, 0.05) is 43.2 Å². The lowest BCUT2D eigenvalue weighted by Gasteiger charge is -2.15. The van der Waals surface area contributed by atoms with E-state index in [1.807, 2.05) is 0 Å². The van der Waals surface area contributed by atoms with E-state index in [0.717, 1.165) is 10.6 Å². The molecule has 0 N–H and O–H groups in total. The number of pyridine rings is 1. The first-order chi connectivity index (χ1) is 14.1. The summed E-state index contributed by atoms with van der Waals surface area (Å²) in [5.74, 6) is -0.497. The molecule has 7 nitrogen and oxygen atoms in total. The van der Waals surface area contributed by atoms with Crippen LogP contribution in [-0.4, -0.2) is 45.4 Å². The molecule has 0 unspecified atom stereocenters. The van der Waals surface area contributed by atoms with Crippen molar-refractivity contribution in [3.63, 3.8) is 0 Å². The Kier molecular flexibility index (Phi) is 5.05. The third-order valence-corrected chi connectivity index (χ3v) is 7.04. The zero-order valence-corrected chi connectivity index (χ0v) is 17.2. The summed E-state index contributed by atoms with van der Waals surface area (Å²) in [6.07, 6.45) is -1.36. The Morgan fingerprint density at radius 1 is 1.23 bits per heavy atom. The fourth-order valence-corrected chi connectivity index (χ4v) is 5.01. The molecular weight excluding hydrogens is 419 g/mol. The molecule has 4 heterocycles. The highest BCUT2D eigenvalue weighted by atomic mass is 32.2. The SMILES string of the molecule is CC(C)c1cc(C(F)(F)F)n2nc([C@H]3CCN(S(=O)(=O)c4cccnc4)C3)cc2n1. The molecule has 1 aliphatic heterocycles. The maximum Gasteiger partial charge on any atom is 0.433 e. The van der Waals surface area contributed by atoms with Crippen molar-refractivity contribution in [1.29, 1.82) is 0 Å². The molecule has 1 aliphatic rings. The van der Waals surface area contributed by atoms with Gasteiger partial charge in [0.25, 0.3) is 0 Å². The van der Waals surface area contributed by atoms with Crippen LogP contribution in [0.1, 0.15) is 49.2 Å². The Labute approximate surface area is 171 Å². The fraction of sp³-hybridized carbons (Fsp3) is 0.421. The van der Waals surface area contributed by atoms with Crippen molar-refractivity contribution in [2.24, 2.45) is 0 Å². The lowest BCUT2D eigenvalue weighted by atomic mass is 10.1. The van der Waals surface area contributed by atoms with E-state index in [1.165, 1.54) is 28.8 Å². The molecule has 3 aromatic heterocycles. The number of alkyl halides is 3. The van der Waals surface area contributed by atoms with Gasteiger partial charge in [-0.25, -0.2) is 17.9 Å². The Balaban J connectivity index is 1.68. The number of fused-ring (bicyclic) bond motifs is 1. The second-order valence-corrected chi connectivity index (χ2v) is 9.53. The van der Waals surface area contributed by atoms with Crippen molar-refractivity contribution >= 4 is 15.7 Å². The summed E-state index contributed by atoms with van der Waals surface area (Å²) in [4.78, 5) is 8.25. The van der Waals surface area contributed by atoms with E-state index < -0.39 is 21.9 Å². The maximum absolute atomic E-state index is 13.6. The summed E-state index contributed by atoms with van der Waals surface area (Å²) in [5.41, 5.74) is -0.0522. The first-order valence-electron chi connectivity index (χ1n) is 9.45. The lowest BCUT2D eigenvalue weighted by molar-refractivity contribution is -0.142. The predicted octanol–water partition coefficient (Wildman–Crippen LogP) is 3.44. The Hall–Kier alpha value is -2.53. The third-order valence-electron chi connectivity index (χ3n) is 5.19. The third kappa shape index (κ3) is 3.67. The van der Waals surface area contributed by atoms with Crippen LogP contribution >= 0.6 is 0 Å². The van der Waals surface area contributed by atoms with Crippen LogP contribution in [0.5, 0.6) is 0 Å². The van der Waals surface area contributed by atoms with E-state index in [4.69, 9.17) is 0 Å². The van der Waals surface area contributed by atoms with Crippen LogP contribution in [0.25, 0.3) is 5.65 Å². The molecule has 0 aromatic carbocycles. The van der Waals surface area contributed by atoms with Crippen LogP contribution in [0.4, 0.5) is 13.2 Å². The minimum atomic E-state index is -4.58. The summed E-state index contributed by atoms with van der Waals surface area (Å²) < 4.78 is 68.4. The quantitative estimate of drug-likeness (QED) is 0.622. The van der Waals surface area contributed by atoms with Gasteiger partial charge in [0.1, 0.15) is 10.6 Å². The van der Waals surface area contributed by atoms with Gasteiger partial charge in [-0.15, -0.1) is 0 Å². The number of hydrogen-bond donors (Lipinski definition) is 0. The average Bonchev–Trinajstić information content (AvgIpc) is 3.34. The second kappa shape index (κ2) is 7.31. The van der Waals surface area contributed by atoms with Crippen molar-refractivity contribution in [1.82, 2.24) is 23.9 Å². The first-order valence-corrected chi connectivity index (χ1v) is 10.9. The summed E-state index contributed by atoms with van der Waals surface area (Å²) in [5, 5.41) is 4.15. The van der Waals surface area contributed by atoms with Gasteiger partial charge in [0.2, 0.25) is 10.0 Å². The molecule has 4 rings (SSSR count).